The lowest BCUT2D eigenvalue weighted by atomic mass is 9.87. The van der Waals surface area contributed by atoms with E-state index >= 15 is 0 Å². The van der Waals surface area contributed by atoms with Crippen molar-refractivity contribution in [3.8, 4) is 0 Å². The summed E-state index contributed by atoms with van der Waals surface area (Å²) in [5, 5.41) is 4.73. The Morgan fingerprint density at radius 3 is 2.17 bits per heavy atom. The lowest BCUT2D eigenvalue weighted by molar-refractivity contribution is 0.348. The monoisotopic (exact) mass is 191 g/mol. The molecule has 1 rings (SSSR count). The zero-order chi connectivity index (χ0) is 9.19. The fourth-order valence-electron chi connectivity index (χ4n) is 1.87. The molecule has 0 unspecified atom stereocenters. The number of sulfonamides is 1. The van der Waals surface area contributed by atoms with Gasteiger partial charge in [0.25, 0.3) is 0 Å². The van der Waals surface area contributed by atoms with Gasteiger partial charge in [0.05, 0.1) is 5.25 Å². The van der Waals surface area contributed by atoms with E-state index in [1.807, 2.05) is 0 Å². The molecule has 12 heavy (non-hydrogen) atoms. The number of nitrogens with two attached hydrogens (primary N) is 1. The fraction of sp³-hybridized carbons (Fsp3) is 1.00. The smallest absolute Gasteiger partial charge is 0.211 e. The van der Waals surface area contributed by atoms with Gasteiger partial charge in [-0.05, 0) is 25.7 Å². The summed E-state index contributed by atoms with van der Waals surface area (Å²) in [6.07, 6.45) is 5.61. The average molecular weight is 191 g/mol. The van der Waals surface area contributed by atoms with Gasteiger partial charge in [-0.1, -0.05) is 19.3 Å². The molecule has 0 aromatic heterocycles. The van der Waals surface area contributed by atoms with E-state index in [0.717, 1.165) is 25.7 Å². The van der Waals surface area contributed by atoms with Gasteiger partial charge in [0, 0.05) is 0 Å². The minimum absolute atomic E-state index is 0.300. The summed E-state index contributed by atoms with van der Waals surface area (Å²) in [7, 11) is -3.30. The number of hydrogen-bond donors (Lipinski definition) is 1. The summed E-state index contributed by atoms with van der Waals surface area (Å²) >= 11 is 0. The van der Waals surface area contributed by atoms with Gasteiger partial charge in [-0.3, -0.25) is 0 Å². The molecule has 0 aliphatic heterocycles. The first-order chi connectivity index (χ1) is 5.52. The molecule has 0 saturated heterocycles. The highest BCUT2D eigenvalue weighted by Crippen LogP contribution is 2.28. The quantitative estimate of drug-likeness (QED) is 0.714. The van der Waals surface area contributed by atoms with E-state index in [0.29, 0.717) is 5.92 Å². The lowest BCUT2D eigenvalue weighted by Crippen LogP contribution is -2.33. The summed E-state index contributed by atoms with van der Waals surface area (Å²) in [5.74, 6) is 0.300. The van der Waals surface area contributed by atoms with Crippen molar-refractivity contribution < 1.29 is 8.42 Å². The zero-order valence-electron chi connectivity index (χ0n) is 7.49. The van der Waals surface area contributed by atoms with Gasteiger partial charge in [-0.25, -0.2) is 13.6 Å². The Balaban J connectivity index is 2.57. The van der Waals surface area contributed by atoms with Crippen LogP contribution in [0.1, 0.15) is 39.0 Å². The van der Waals surface area contributed by atoms with Crippen LogP contribution >= 0.6 is 0 Å². The summed E-state index contributed by atoms with van der Waals surface area (Å²) in [6, 6.07) is 0. The molecule has 1 aliphatic rings. The van der Waals surface area contributed by atoms with E-state index in [-0.39, 0.29) is 5.25 Å². The fourth-order valence-corrected chi connectivity index (χ4v) is 2.68. The maximum Gasteiger partial charge on any atom is 0.211 e. The molecule has 0 heterocycles. The zero-order valence-corrected chi connectivity index (χ0v) is 8.31. The Morgan fingerprint density at radius 2 is 1.75 bits per heavy atom. The molecule has 0 aromatic carbocycles. The van der Waals surface area contributed by atoms with Crippen molar-refractivity contribution in [1.29, 1.82) is 0 Å². The predicted molar refractivity (Wildman–Crippen MR) is 49.1 cm³/mol. The maximum atomic E-state index is 11.0. The van der Waals surface area contributed by atoms with Crippen LogP contribution in [0.15, 0.2) is 0 Å². The van der Waals surface area contributed by atoms with E-state index < -0.39 is 10.0 Å². The second-order valence-electron chi connectivity index (χ2n) is 3.69. The van der Waals surface area contributed by atoms with Gasteiger partial charge in [0.1, 0.15) is 0 Å². The SMILES string of the molecule is C[C@@H](C1CCCCC1)S(N)(=O)=O. The van der Waals surface area contributed by atoms with Gasteiger partial charge < -0.3 is 0 Å². The van der Waals surface area contributed by atoms with E-state index in [2.05, 4.69) is 0 Å². The van der Waals surface area contributed by atoms with Gasteiger partial charge in [0.15, 0.2) is 0 Å². The van der Waals surface area contributed by atoms with Gasteiger partial charge in [-0.15, -0.1) is 0 Å². The molecule has 1 saturated carbocycles. The Labute approximate surface area is 74.4 Å². The summed E-state index contributed by atoms with van der Waals surface area (Å²) in [4.78, 5) is 0. The van der Waals surface area contributed by atoms with Gasteiger partial charge in [-0.2, -0.15) is 0 Å². The normalized spacial score (nSPS) is 23.8. The maximum absolute atomic E-state index is 11.0. The first-order valence-corrected chi connectivity index (χ1v) is 6.14. The third-order valence-corrected chi connectivity index (χ3v) is 4.25. The topological polar surface area (TPSA) is 60.2 Å². The van der Waals surface area contributed by atoms with Crippen molar-refractivity contribution in [3.63, 3.8) is 0 Å². The first kappa shape index (κ1) is 9.99. The number of primary sulfonamides is 1. The molecule has 0 amide bonds. The highest BCUT2D eigenvalue weighted by Gasteiger charge is 2.27. The van der Waals surface area contributed by atoms with Crippen molar-refractivity contribution in [2.24, 2.45) is 11.1 Å². The second kappa shape index (κ2) is 3.75. The molecule has 72 valence electrons. The van der Waals surface area contributed by atoms with Crippen LogP contribution in [0, 0.1) is 5.92 Å². The molecule has 1 aliphatic carbocycles. The molecule has 3 nitrogen and oxygen atoms in total. The van der Waals surface area contributed by atoms with Gasteiger partial charge >= 0.3 is 0 Å². The van der Waals surface area contributed by atoms with E-state index in [1.165, 1.54) is 6.42 Å². The summed E-state index contributed by atoms with van der Waals surface area (Å²) in [5.41, 5.74) is 0. The first-order valence-electron chi connectivity index (χ1n) is 4.53. The average Bonchev–Trinajstić information content (AvgIpc) is 2.03. The Kier molecular flexibility index (Phi) is 3.12. The van der Waals surface area contributed by atoms with Crippen LogP contribution in [0.4, 0.5) is 0 Å². The standard InChI is InChI=1S/C8H17NO2S/c1-7(12(9,10)11)8-5-3-2-4-6-8/h7-8H,2-6H2,1H3,(H2,9,10,11)/t7-/m0/s1. The molecule has 0 spiro atoms. The molecule has 2 N–H and O–H groups in total. The molecule has 1 fully saturated rings. The van der Waals surface area contributed by atoms with Crippen molar-refractivity contribution in [2.45, 2.75) is 44.3 Å². The lowest BCUT2D eigenvalue weighted by Gasteiger charge is -2.25. The van der Waals surface area contributed by atoms with Crippen LogP contribution < -0.4 is 5.14 Å². The number of rotatable bonds is 2. The van der Waals surface area contributed by atoms with E-state index in [1.54, 1.807) is 6.92 Å². The molecular formula is C8H17NO2S. The highest BCUT2D eigenvalue weighted by molar-refractivity contribution is 7.89. The van der Waals surface area contributed by atoms with Crippen LogP contribution in [0.3, 0.4) is 0 Å². The van der Waals surface area contributed by atoms with E-state index in [9.17, 15) is 8.42 Å². The molecule has 1 atom stereocenters. The Morgan fingerprint density at radius 1 is 1.25 bits per heavy atom. The van der Waals surface area contributed by atoms with Gasteiger partial charge in [0.2, 0.25) is 10.0 Å². The Bertz CT molecular complexity index is 229. The van der Waals surface area contributed by atoms with Crippen LogP contribution in [0.25, 0.3) is 0 Å². The van der Waals surface area contributed by atoms with Crippen LogP contribution in [-0.4, -0.2) is 13.7 Å². The van der Waals surface area contributed by atoms with Crippen LogP contribution in [-0.2, 0) is 10.0 Å². The molecule has 0 bridgehead atoms. The minimum atomic E-state index is -3.30. The van der Waals surface area contributed by atoms with Crippen molar-refractivity contribution >= 4 is 10.0 Å². The van der Waals surface area contributed by atoms with E-state index in [4.69, 9.17) is 5.14 Å². The summed E-state index contributed by atoms with van der Waals surface area (Å²) in [6.45, 7) is 1.73. The highest BCUT2D eigenvalue weighted by atomic mass is 32.2. The summed E-state index contributed by atoms with van der Waals surface area (Å²) < 4.78 is 22.0. The van der Waals surface area contributed by atoms with Crippen LogP contribution in [0.5, 0.6) is 0 Å². The minimum Gasteiger partial charge on any atom is -0.228 e. The molecule has 0 aromatic rings. The largest absolute Gasteiger partial charge is 0.228 e. The van der Waals surface area contributed by atoms with Crippen molar-refractivity contribution in [3.05, 3.63) is 0 Å². The number of hydrogen-bond acceptors (Lipinski definition) is 2. The predicted octanol–water partition coefficient (Wildman–Crippen LogP) is 1.24. The van der Waals surface area contributed by atoms with Crippen molar-refractivity contribution in [1.82, 2.24) is 0 Å². The molecular weight excluding hydrogens is 174 g/mol. The third-order valence-electron chi connectivity index (χ3n) is 2.83. The Hall–Kier alpha value is -0.0900. The molecule has 0 radical (unpaired) electrons. The van der Waals surface area contributed by atoms with Crippen molar-refractivity contribution in [2.75, 3.05) is 0 Å². The third kappa shape index (κ3) is 2.45. The second-order valence-corrected chi connectivity index (χ2v) is 5.61. The van der Waals surface area contributed by atoms with Crippen LogP contribution in [0.2, 0.25) is 0 Å². The molecule has 4 heteroatoms.